The minimum Gasteiger partial charge on any atom is -0.507 e. The molecule has 52 heavy (non-hydrogen) atoms. The van der Waals surface area contributed by atoms with Crippen LogP contribution in [0.1, 0.15) is 74.6 Å². The van der Waals surface area contributed by atoms with Crippen molar-refractivity contribution in [2.24, 2.45) is 11.8 Å². The van der Waals surface area contributed by atoms with Crippen LogP contribution in [0.4, 0.5) is 15.3 Å². The van der Waals surface area contributed by atoms with Crippen molar-refractivity contribution in [3.05, 3.63) is 58.7 Å². The Bertz CT molecular complexity index is 1700. The number of piperidine rings is 3. The standard InChI is InChI=1S/C39H55N5O7S/c1-26(2)52(49,50)43-20-11-31(12-21-43)30-9-16-41(17-10-30)37(46)35(25-29-23-27(3)36(45)28(4)24-29)51-39(48)42-18-14-33(15-19-42)44-22-13-32-7-5-6-8-34(32)40-38(44)47/h5-8,23-24,26,30-31,33,35,45H,9-22,25H2,1-4H3,(H,40,47)/t35-/m1/s1. The summed E-state index contributed by atoms with van der Waals surface area (Å²) in [6, 6.07) is 11.4. The molecule has 4 heterocycles. The highest BCUT2D eigenvalue weighted by molar-refractivity contribution is 7.89. The second-order valence-corrected chi connectivity index (χ2v) is 17.9. The molecule has 0 spiro atoms. The Balaban J connectivity index is 1.06. The molecule has 0 saturated carbocycles. The van der Waals surface area contributed by atoms with E-state index in [1.165, 1.54) is 0 Å². The number of carbonyl (C=O) groups excluding carboxylic acids is 3. The number of benzene rings is 2. The quantitative estimate of drug-likeness (QED) is 0.375. The number of anilines is 1. The van der Waals surface area contributed by atoms with Gasteiger partial charge in [-0.15, -0.1) is 0 Å². The van der Waals surface area contributed by atoms with Crippen LogP contribution in [0.5, 0.6) is 5.75 Å². The number of carbonyl (C=O) groups is 3. The number of hydrogen-bond acceptors (Lipinski definition) is 7. The van der Waals surface area contributed by atoms with E-state index in [2.05, 4.69) is 5.32 Å². The number of nitrogens with zero attached hydrogens (tertiary/aromatic N) is 4. The van der Waals surface area contributed by atoms with Gasteiger partial charge in [-0.1, -0.05) is 30.3 Å². The lowest BCUT2D eigenvalue weighted by atomic mass is 9.79. The number of rotatable bonds is 8. The van der Waals surface area contributed by atoms with Gasteiger partial charge in [-0.25, -0.2) is 22.3 Å². The summed E-state index contributed by atoms with van der Waals surface area (Å²) in [5.74, 6) is 0.830. The van der Waals surface area contributed by atoms with E-state index in [0.29, 0.717) is 81.6 Å². The van der Waals surface area contributed by atoms with Crippen LogP contribution in [0.3, 0.4) is 0 Å². The molecule has 4 amide bonds. The van der Waals surface area contributed by atoms with Gasteiger partial charge < -0.3 is 29.9 Å². The first-order valence-electron chi connectivity index (χ1n) is 19.0. The largest absolute Gasteiger partial charge is 0.507 e. The fourth-order valence-electron chi connectivity index (χ4n) is 8.55. The zero-order chi connectivity index (χ0) is 37.2. The average Bonchev–Trinajstić information content (AvgIpc) is 3.31. The van der Waals surface area contributed by atoms with Gasteiger partial charge in [0.15, 0.2) is 6.10 Å². The van der Waals surface area contributed by atoms with Crippen LogP contribution in [-0.2, 0) is 32.4 Å². The maximum atomic E-state index is 14.1. The first-order chi connectivity index (χ1) is 24.8. The number of nitrogens with one attached hydrogen (secondary N) is 1. The van der Waals surface area contributed by atoms with E-state index < -0.39 is 27.5 Å². The Kier molecular flexibility index (Phi) is 11.7. The van der Waals surface area contributed by atoms with Gasteiger partial charge in [-0.05, 0) is 113 Å². The van der Waals surface area contributed by atoms with Crippen molar-refractivity contribution in [1.29, 1.82) is 0 Å². The third-order valence-corrected chi connectivity index (χ3v) is 14.0. The molecule has 0 bridgehead atoms. The third kappa shape index (κ3) is 8.35. The summed E-state index contributed by atoms with van der Waals surface area (Å²) in [4.78, 5) is 46.3. The van der Waals surface area contributed by atoms with Gasteiger partial charge in [0, 0.05) is 64.0 Å². The molecule has 12 nitrogen and oxygen atoms in total. The van der Waals surface area contributed by atoms with E-state index in [1.54, 1.807) is 23.1 Å². The Morgan fingerprint density at radius 3 is 2.06 bits per heavy atom. The lowest BCUT2D eigenvalue weighted by Gasteiger charge is -2.41. The van der Waals surface area contributed by atoms with Crippen molar-refractivity contribution in [3.63, 3.8) is 0 Å². The first-order valence-corrected chi connectivity index (χ1v) is 20.5. The lowest BCUT2D eigenvalue weighted by Crippen LogP contribution is -2.52. The number of aromatic hydroxyl groups is 1. The molecule has 284 valence electrons. The van der Waals surface area contributed by atoms with E-state index in [-0.39, 0.29) is 30.2 Å². The molecule has 4 aliphatic rings. The zero-order valence-corrected chi connectivity index (χ0v) is 31.9. The molecular weight excluding hydrogens is 683 g/mol. The molecule has 2 N–H and O–H groups in total. The minimum absolute atomic E-state index is 0.00752. The number of sulfonamides is 1. The van der Waals surface area contributed by atoms with Crippen molar-refractivity contribution >= 4 is 33.7 Å². The maximum absolute atomic E-state index is 14.1. The van der Waals surface area contributed by atoms with Crippen LogP contribution in [0.15, 0.2) is 36.4 Å². The number of urea groups is 1. The van der Waals surface area contributed by atoms with Crippen molar-refractivity contribution in [2.45, 2.75) is 96.5 Å². The molecule has 4 aliphatic heterocycles. The summed E-state index contributed by atoms with van der Waals surface area (Å²) < 4.78 is 33.0. The van der Waals surface area contributed by atoms with Crippen LogP contribution in [0.25, 0.3) is 0 Å². The number of hydrogen-bond donors (Lipinski definition) is 2. The van der Waals surface area contributed by atoms with E-state index in [9.17, 15) is 27.9 Å². The smallest absolute Gasteiger partial charge is 0.410 e. The molecular formula is C39H55N5O7S. The molecule has 3 fully saturated rings. The Morgan fingerprint density at radius 2 is 1.44 bits per heavy atom. The number of likely N-dealkylation sites (tertiary alicyclic amines) is 2. The number of ether oxygens (including phenoxy) is 1. The van der Waals surface area contributed by atoms with Crippen LogP contribution >= 0.6 is 0 Å². The van der Waals surface area contributed by atoms with Gasteiger partial charge in [0.05, 0.1) is 5.25 Å². The van der Waals surface area contributed by atoms with Crippen LogP contribution < -0.4 is 5.32 Å². The second kappa shape index (κ2) is 16.0. The number of para-hydroxylation sites is 1. The topological polar surface area (TPSA) is 140 Å². The Morgan fingerprint density at radius 1 is 0.865 bits per heavy atom. The van der Waals surface area contributed by atoms with Crippen LogP contribution in [0, 0.1) is 25.7 Å². The molecule has 0 aliphatic carbocycles. The van der Waals surface area contributed by atoms with Crippen molar-refractivity contribution < 1.29 is 32.6 Å². The normalized spacial score (nSPS) is 20.7. The van der Waals surface area contributed by atoms with Gasteiger partial charge in [-0.2, -0.15) is 0 Å². The first kappa shape index (κ1) is 37.9. The number of phenolic OH excluding ortho intramolecular Hbond substituents is 1. The predicted octanol–water partition coefficient (Wildman–Crippen LogP) is 5.30. The number of fused-ring (bicyclic) bond motifs is 1. The fourth-order valence-corrected chi connectivity index (χ4v) is 9.86. The molecule has 2 aromatic carbocycles. The fraction of sp³-hybridized carbons (Fsp3) is 0.615. The minimum atomic E-state index is -3.25. The summed E-state index contributed by atoms with van der Waals surface area (Å²) in [6.45, 7) is 10.7. The van der Waals surface area contributed by atoms with Crippen LogP contribution in [-0.4, -0.2) is 114 Å². The van der Waals surface area contributed by atoms with Gasteiger partial charge in [0.2, 0.25) is 10.0 Å². The summed E-state index contributed by atoms with van der Waals surface area (Å²) in [5, 5.41) is 13.0. The SMILES string of the molecule is Cc1cc(C[C@@H](OC(=O)N2CCC(N3CCc4ccccc4NC3=O)CC2)C(=O)N2CCC(C3CCN(S(=O)(=O)C(C)C)CC3)CC2)cc(C)c1O. The number of aryl methyl sites for hydroxylation is 2. The Hall–Kier alpha value is -3.84. The summed E-state index contributed by atoms with van der Waals surface area (Å²) in [7, 11) is -3.25. The average molecular weight is 738 g/mol. The van der Waals surface area contributed by atoms with Gasteiger partial charge in [0.1, 0.15) is 5.75 Å². The third-order valence-electron chi connectivity index (χ3n) is 11.8. The predicted molar refractivity (Wildman–Crippen MR) is 200 cm³/mol. The molecule has 2 aromatic rings. The molecule has 3 saturated heterocycles. The second-order valence-electron chi connectivity index (χ2n) is 15.4. The van der Waals surface area contributed by atoms with Crippen molar-refractivity contribution in [3.8, 4) is 5.75 Å². The highest BCUT2D eigenvalue weighted by Crippen LogP contribution is 2.34. The van der Waals surface area contributed by atoms with Crippen LogP contribution in [0.2, 0.25) is 0 Å². The summed E-state index contributed by atoms with van der Waals surface area (Å²) in [5.41, 5.74) is 4.16. The molecule has 6 rings (SSSR count). The van der Waals surface area contributed by atoms with E-state index in [0.717, 1.165) is 48.9 Å². The van der Waals surface area contributed by atoms with E-state index in [4.69, 9.17) is 4.74 Å². The molecule has 0 unspecified atom stereocenters. The zero-order valence-electron chi connectivity index (χ0n) is 31.1. The summed E-state index contributed by atoms with van der Waals surface area (Å²) >= 11 is 0. The number of amides is 4. The van der Waals surface area contributed by atoms with E-state index in [1.807, 2.05) is 60.0 Å². The molecule has 0 radical (unpaired) electrons. The highest BCUT2D eigenvalue weighted by Gasteiger charge is 2.38. The molecule has 0 aromatic heterocycles. The van der Waals surface area contributed by atoms with E-state index >= 15 is 0 Å². The number of phenols is 1. The lowest BCUT2D eigenvalue weighted by molar-refractivity contribution is -0.142. The summed E-state index contributed by atoms with van der Waals surface area (Å²) in [6.07, 6.45) is 3.94. The maximum Gasteiger partial charge on any atom is 0.410 e. The van der Waals surface area contributed by atoms with Crippen molar-refractivity contribution in [1.82, 2.24) is 19.0 Å². The van der Waals surface area contributed by atoms with Crippen molar-refractivity contribution in [2.75, 3.05) is 51.1 Å². The highest BCUT2D eigenvalue weighted by atomic mass is 32.2. The monoisotopic (exact) mass is 737 g/mol. The molecule has 13 heteroatoms. The van der Waals surface area contributed by atoms with Gasteiger partial charge in [-0.3, -0.25) is 4.79 Å². The van der Waals surface area contributed by atoms with Gasteiger partial charge >= 0.3 is 12.1 Å². The Labute approximate surface area is 308 Å². The van der Waals surface area contributed by atoms with Gasteiger partial charge in [0.25, 0.3) is 5.91 Å². The molecule has 1 atom stereocenters.